The van der Waals surface area contributed by atoms with Gasteiger partial charge in [0, 0.05) is 49.7 Å². The molecular formula is C22H28N4O4. The van der Waals surface area contributed by atoms with Crippen LogP contribution in [0.4, 0.5) is 4.79 Å². The van der Waals surface area contributed by atoms with Crippen LogP contribution in [0.15, 0.2) is 36.7 Å². The highest BCUT2D eigenvalue weighted by atomic mass is 16.5. The minimum Gasteiger partial charge on any atom is -0.465 e. The molecule has 2 amide bonds. The Bertz CT molecular complexity index is 842. The van der Waals surface area contributed by atoms with Crippen LogP contribution in [0.1, 0.15) is 37.0 Å². The summed E-state index contributed by atoms with van der Waals surface area (Å²) in [4.78, 5) is 35.1. The van der Waals surface area contributed by atoms with E-state index in [1.807, 2.05) is 38.1 Å². The molecular weight excluding hydrogens is 384 g/mol. The monoisotopic (exact) mass is 412 g/mol. The van der Waals surface area contributed by atoms with E-state index in [9.17, 15) is 9.59 Å². The molecule has 0 spiro atoms. The summed E-state index contributed by atoms with van der Waals surface area (Å²) in [5, 5.41) is 9.00. The van der Waals surface area contributed by atoms with E-state index >= 15 is 0 Å². The Labute approximate surface area is 176 Å². The molecule has 1 N–H and O–H groups in total. The predicted molar refractivity (Wildman–Crippen MR) is 113 cm³/mol. The van der Waals surface area contributed by atoms with Gasteiger partial charge in [0.25, 0.3) is 5.91 Å². The van der Waals surface area contributed by atoms with Crippen molar-refractivity contribution in [1.82, 2.24) is 19.8 Å². The summed E-state index contributed by atoms with van der Waals surface area (Å²) in [5.41, 5.74) is 2.44. The number of piperidine rings is 1. The highest BCUT2D eigenvalue weighted by Crippen LogP contribution is 2.21. The third-order valence-corrected chi connectivity index (χ3v) is 5.48. The minimum atomic E-state index is -0.862. The lowest BCUT2D eigenvalue weighted by atomic mass is 9.98. The molecule has 1 aliphatic heterocycles. The molecule has 8 heteroatoms. The second-order valence-corrected chi connectivity index (χ2v) is 7.33. The number of hydrogen-bond acceptors (Lipinski definition) is 5. The molecule has 0 saturated carbocycles. The lowest BCUT2D eigenvalue weighted by Gasteiger charge is -2.29. The molecule has 0 atom stereocenters. The second kappa shape index (κ2) is 10.0. The highest BCUT2D eigenvalue weighted by molar-refractivity contribution is 5.94. The number of ether oxygens (including phenoxy) is 1. The first-order valence-electron chi connectivity index (χ1n) is 10.3. The fraction of sp³-hybridized carbons (Fsp3) is 0.455. The second-order valence-electron chi connectivity index (χ2n) is 7.33. The van der Waals surface area contributed by atoms with Gasteiger partial charge in [-0.05, 0) is 50.3 Å². The summed E-state index contributed by atoms with van der Waals surface area (Å²) in [6, 6.07) is 7.75. The van der Waals surface area contributed by atoms with E-state index in [0.717, 1.165) is 24.0 Å². The molecule has 3 rings (SSSR count). The Hall–Kier alpha value is -3.16. The summed E-state index contributed by atoms with van der Waals surface area (Å²) in [6.45, 7) is 6.86. The minimum absolute atomic E-state index is 0.0285. The van der Waals surface area contributed by atoms with Crippen LogP contribution in [0.2, 0.25) is 0 Å². The lowest BCUT2D eigenvalue weighted by Crippen LogP contribution is -2.38. The molecule has 160 valence electrons. The molecule has 0 unspecified atom stereocenters. The van der Waals surface area contributed by atoms with Crippen LogP contribution < -0.4 is 4.74 Å². The molecule has 30 heavy (non-hydrogen) atoms. The predicted octanol–water partition coefficient (Wildman–Crippen LogP) is 3.39. The van der Waals surface area contributed by atoms with Gasteiger partial charge in [-0.15, -0.1) is 0 Å². The number of amides is 2. The zero-order valence-electron chi connectivity index (χ0n) is 17.5. The third-order valence-electron chi connectivity index (χ3n) is 5.48. The van der Waals surface area contributed by atoms with Crippen LogP contribution >= 0.6 is 0 Å². The third kappa shape index (κ3) is 5.25. The SMILES string of the molecule is CCN(CC)C(=O)c1ccc(-c2cnc(OCC3CCN(C(=O)O)CC3)nc2)cc1. The van der Waals surface area contributed by atoms with Crippen LogP contribution in [-0.4, -0.2) is 69.7 Å². The van der Waals surface area contributed by atoms with Gasteiger partial charge in [-0.25, -0.2) is 14.8 Å². The Morgan fingerprint density at radius 2 is 1.67 bits per heavy atom. The van der Waals surface area contributed by atoms with E-state index in [-0.39, 0.29) is 5.91 Å². The van der Waals surface area contributed by atoms with Gasteiger partial charge in [0.1, 0.15) is 0 Å². The number of hydrogen-bond donors (Lipinski definition) is 1. The Balaban J connectivity index is 1.54. The van der Waals surface area contributed by atoms with E-state index in [2.05, 4.69) is 9.97 Å². The molecule has 0 radical (unpaired) electrons. The maximum atomic E-state index is 12.4. The zero-order valence-corrected chi connectivity index (χ0v) is 17.5. The van der Waals surface area contributed by atoms with Gasteiger partial charge in [0.2, 0.25) is 0 Å². The van der Waals surface area contributed by atoms with Crippen LogP contribution in [0.25, 0.3) is 11.1 Å². The quantitative estimate of drug-likeness (QED) is 0.749. The number of likely N-dealkylation sites (tertiary alicyclic amines) is 1. The number of rotatable bonds is 7. The lowest BCUT2D eigenvalue weighted by molar-refractivity contribution is 0.0773. The van der Waals surface area contributed by atoms with E-state index in [1.54, 1.807) is 17.3 Å². The summed E-state index contributed by atoms with van der Waals surface area (Å²) in [6.07, 6.45) is 4.11. The van der Waals surface area contributed by atoms with E-state index in [4.69, 9.17) is 9.84 Å². The average molecular weight is 412 g/mol. The van der Waals surface area contributed by atoms with Crippen molar-refractivity contribution in [2.45, 2.75) is 26.7 Å². The molecule has 2 heterocycles. The van der Waals surface area contributed by atoms with Crippen LogP contribution in [-0.2, 0) is 0 Å². The number of nitrogens with zero attached hydrogens (tertiary/aromatic N) is 4. The maximum Gasteiger partial charge on any atom is 0.407 e. The number of carboxylic acid groups (broad SMARTS) is 1. The van der Waals surface area contributed by atoms with Gasteiger partial charge in [-0.2, -0.15) is 0 Å². The highest BCUT2D eigenvalue weighted by Gasteiger charge is 2.22. The first-order valence-corrected chi connectivity index (χ1v) is 10.3. The Morgan fingerprint density at radius 3 is 2.20 bits per heavy atom. The van der Waals surface area contributed by atoms with Gasteiger partial charge < -0.3 is 19.6 Å². The van der Waals surface area contributed by atoms with Crippen molar-refractivity contribution >= 4 is 12.0 Å². The average Bonchev–Trinajstić information content (AvgIpc) is 2.79. The number of carbonyl (C=O) groups is 2. The molecule has 1 fully saturated rings. The summed E-state index contributed by atoms with van der Waals surface area (Å²) < 4.78 is 5.70. The molecule has 1 aromatic carbocycles. The van der Waals surface area contributed by atoms with Gasteiger partial charge in [-0.1, -0.05) is 12.1 Å². The van der Waals surface area contributed by atoms with Crippen LogP contribution in [0.3, 0.4) is 0 Å². The number of benzene rings is 1. The first kappa shape index (κ1) is 21.5. The summed E-state index contributed by atoms with van der Waals surface area (Å²) in [7, 11) is 0. The van der Waals surface area contributed by atoms with E-state index < -0.39 is 6.09 Å². The molecule has 8 nitrogen and oxygen atoms in total. The van der Waals surface area contributed by atoms with Crippen LogP contribution in [0.5, 0.6) is 6.01 Å². The van der Waals surface area contributed by atoms with Crippen molar-refractivity contribution < 1.29 is 19.4 Å². The van der Waals surface area contributed by atoms with E-state index in [0.29, 0.717) is 50.3 Å². The molecule has 2 aromatic rings. The maximum absolute atomic E-state index is 12.4. The van der Waals surface area contributed by atoms with Crippen molar-refractivity contribution in [2.24, 2.45) is 5.92 Å². The fourth-order valence-electron chi connectivity index (χ4n) is 3.52. The van der Waals surface area contributed by atoms with Crippen molar-refractivity contribution in [1.29, 1.82) is 0 Å². The van der Waals surface area contributed by atoms with Crippen molar-refractivity contribution in [3.63, 3.8) is 0 Å². The van der Waals surface area contributed by atoms with Crippen molar-refractivity contribution in [3.05, 3.63) is 42.2 Å². The van der Waals surface area contributed by atoms with E-state index in [1.165, 1.54) is 4.90 Å². The van der Waals surface area contributed by atoms with Gasteiger partial charge in [0.15, 0.2) is 0 Å². The fourth-order valence-corrected chi connectivity index (χ4v) is 3.52. The Morgan fingerprint density at radius 1 is 1.07 bits per heavy atom. The molecule has 1 aliphatic rings. The molecule has 0 aliphatic carbocycles. The van der Waals surface area contributed by atoms with Gasteiger partial charge in [0.05, 0.1) is 6.61 Å². The largest absolute Gasteiger partial charge is 0.465 e. The molecule has 1 saturated heterocycles. The van der Waals surface area contributed by atoms with Gasteiger partial charge in [-0.3, -0.25) is 4.79 Å². The standard InChI is InChI=1S/C22H28N4O4/c1-3-25(4-2)20(27)18-7-5-17(6-8-18)19-13-23-21(24-14-19)30-15-16-9-11-26(12-10-16)22(28)29/h5-8,13-14,16H,3-4,9-12,15H2,1-2H3,(H,28,29). The van der Waals surface area contributed by atoms with Crippen molar-refractivity contribution in [2.75, 3.05) is 32.8 Å². The number of carbonyl (C=O) groups excluding carboxylic acids is 1. The Kier molecular flexibility index (Phi) is 7.21. The first-order chi connectivity index (χ1) is 14.5. The summed E-state index contributed by atoms with van der Waals surface area (Å²) in [5.74, 6) is 0.334. The number of aromatic nitrogens is 2. The van der Waals surface area contributed by atoms with Crippen LogP contribution in [0, 0.1) is 5.92 Å². The van der Waals surface area contributed by atoms with Crippen molar-refractivity contribution in [3.8, 4) is 17.1 Å². The smallest absolute Gasteiger partial charge is 0.407 e. The van der Waals surface area contributed by atoms with Gasteiger partial charge >= 0.3 is 12.1 Å². The topological polar surface area (TPSA) is 95.9 Å². The molecule has 1 aromatic heterocycles. The molecule has 0 bridgehead atoms. The summed E-state index contributed by atoms with van der Waals surface area (Å²) >= 11 is 0. The zero-order chi connectivity index (χ0) is 21.5. The normalized spacial score (nSPS) is 14.4.